The Balaban J connectivity index is 1.57. The first-order chi connectivity index (χ1) is 11.6. The van der Waals surface area contributed by atoms with E-state index in [1.54, 1.807) is 47.9 Å². The van der Waals surface area contributed by atoms with Crippen molar-refractivity contribution in [3.8, 4) is 0 Å². The Bertz CT molecular complexity index is 860. The van der Waals surface area contributed by atoms with Gasteiger partial charge in [-0.15, -0.1) is 10.2 Å². The summed E-state index contributed by atoms with van der Waals surface area (Å²) in [7, 11) is 0. The van der Waals surface area contributed by atoms with Crippen LogP contribution in [0.5, 0.6) is 0 Å². The van der Waals surface area contributed by atoms with Gasteiger partial charge in [-0.1, -0.05) is 24.3 Å². The van der Waals surface area contributed by atoms with Gasteiger partial charge in [0.25, 0.3) is 5.91 Å². The third kappa shape index (κ3) is 3.57. The Morgan fingerprint density at radius 2 is 1.83 bits per heavy atom. The van der Waals surface area contributed by atoms with Crippen molar-refractivity contribution < 1.29 is 9.59 Å². The summed E-state index contributed by atoms with van der Waals surface area (Å²) in [5.74, 6) is -0.0879. The van der Waals surface area contributed by atoms with E-state index in [2.05, 4.69) is 20.8 Å². The van der Waals surface area contributed by atoms with E-state index in [1.807, 2.05) is 18.2 Å². The summed E-state index contributed by atoms with van der Waals surface area (Å²) in [6, 6.07) is 14.0. The Morgan fingerprint density at radius 1 is 1.08 bits per heavy atom. The minimum Gasteiger partial charge on any atom is -0.349 e. The van der Waals surface area contributed by atoms with E-state index in [4.69, 9.17) is 0 Å². The first kappa shape index (κ1) is 15.7. The number of fused-ring (bicyclic) bond motifs is 1. The highest BCUT2D eigenvalue weighted by atomic mass is 16.2. The number of rotatable bonds is 5. The van der Waals surface area contributed by atoms with Gasteiger partial charge < -0.3 is 5.32 Å². The second-order valence-electron chi connectivity index (χ2n) is 5.45. The van der Waals surface area contributed by atoms with Crippen molar-refractivity contribution in [2.45, 2.75) is 19.4 Å². The Labute approximate surface area is 138 Å². The normalized spacial score (nSPS) is 11.9. The average Bonchev–Trinajstić information content (AvgIpc) is 2.98. The summed E-state index contributed by atoms with van der Waals surface area (Å²) in [6.07, 6.45) is 1.91. The molecule has 0 radical (unpaired) electrons. The van der Waals surface area contributed by atoms with Crippen LogP contribution in [0.3, 0.4) is 0 Å². The van der Waals surface area contributed by atoms with E-state index in [9.17, 15) is 9.59 Å². The lowest BCUT2D eigenvalue weighted by molar-refractivity contribution is -0.116. The Morgan fingerprint density at radius 3 is 2.62 bits per heavy atom. The van der Waals surface area contributed by atoms with Crippen molar-refractivity contribution in [3.63, 3.8) is 0 Å². The molecule has 2 N–H and O–H groups in total. The number of nitrogens with zero attached hydrogens (tertiary/aromatic N) is 3. The minimum absolute atomic E-state index is 0.139. The Kier molecular flexibility index (Phi) is 4.51. The van der Waals surface area contributed by atoms with Crippen LogP contribution in [0.15, 0.2) is 54.7 Å². The summed E-state index contributed by atoms with van der Waals surface area (Å²) in [5.41, 5.74) is 1.21. The molecule has 2 aromatic heterocycles. The highest BCUT2D eigenvalue weighted by molar-refractivity contribution is 5.95. The van der Waals surface area contributed by atoms with Crippen molar-refractivity contribution in [2.24, 2.45) is 0 Å². The first-order valence-electron chi connectivity index (χ1n) is 7.59. The van der Waals surface area contributed by atoms with Gasteiger partial charge in [-0.25, -0.2) is 0 Å². The van der Waals surface area contributed by atoms with E-state index < -0.39 is 0 Å². The first-order valence-corrected chi connectivity index (χ1v) is 7.59. The molecule has 3 aromatic rings. The number of carbonyl (C=O) groups excluding carboxylic acids is 2. The number of benzene rings is 1. The van der Waals surface area contributed by atoms with Gasteiger partial charge in [0.1, 0.15) is 0 Å². The second-order valence-corrected chi connectivity index (χ2v) is 5.45. The van der Waals surface area contributed by atoms with Gasteiger partial charge in [0, 0.05) is 24.2 Å². The van der Waals surface area contributed by atoms with Crippen LogP contribution in [0, 0.1) is 0 Å². The number of hydrogen-bond donors (Lipinski definition) is 2. The van der Waals surface area contributed by atoms with Crippen LogP contribution in [-0.4, -0.2) is 32.5 Å². The van der Waals surface area contributed by atoms with Gasteiger partial charge in [-0.2, -0.15) is 0 Å². The van der Waals surface area contributed by atoms with Gasteiger partial charge in [0.05, 0.1) is 0 Å². The van der Waals surface area contributed by atoms with E-state index in [-0.39, 0.29) is 24.3 Å². The summed E-state index contributed by atoms with van der Waals surface area (Å²) in [6.45, 7) is 1.78. The Hall–Kier alpha value is -3.22. The highest BCUT2D eigenvalue weighted by Crippen LogP contribution is 2.08. The fourth-order valence-electron chi connectivity index (χ4n) is 2.33. The maximum Gasteiger partial charge on any atom is 0.251 e. The number of aromatic nitrogens is 3. The molecule has 2 heterocycles. The van der Waals surface area contributed by atoms with Crippen LogP contribution in [-0.2, 0) is 4.79 Å². The molecule has 0 saturated heterocycles. The standard InChI is InChI=1S/C17H17N5O2/c1-12(18-16(24)13-7-3-2-4-8-13)11-15(23)19-17-21-20-14-9-5-6-10-22(14)17/h2-10,12H,11H2,1H3,(H,18,24)(H,19,21,23)/t12-/m1/s1. The summed E-state index contributed by atoms with van der Waals surface area (Å²) in [5, 5.41) is 13.4. The van der Waals surface area contributed by atoms with Crippen molar-refractivity contribution in [1.29, 1.82) is 0 Å². The fraction of sp³-hybridized carbons (Fsp3) is 0.176. The molecule has 1 aromatic carbocycles. The summed E-state index contributed by atoms with van der Waals surface area (Å²) in [4.78, 5) is 24.2. The molecule has 7 heteroatoms. The molecule has 2 amide bonds. The van der Waals surface area contributed by atoms with Gasteiger partial charge in [-0.3, -0.25) is 19.3 Å². The molecular formula is C17H17N5O2. The molecule has 0 aliphatic rings. The molecule has 24 heavy (non-hydrogen) atoms. The maximum absolute atomic E-state index is 12.1. The second kappa shape index (κ2) is 6.91. The zero-order valence-electron chi connectivity index (χ0n) is 13.1. The van der Waals surface area contributed by atoms with Crippen LogP contribution in [0.4, 0.5) is 5.95 Å². The molecule has 0 bridgehead atoms. The lowest BCUT2D eigenvalue weighted by Crippen LogP contribution is -2.35. The van der Waals surface area contributed by atoms with Gasteiger partial charge >= 0.3 is 0 Å². The lowest BCUT2D eigenvalue weighted by Gasteiger charge is -2.13. The van der Waals surface area contributed by atoms with Crippen molar-refractivity contribution in [1.82, 2.24) is 19.9 Å². The quantitative estimate of drug-likeness (QED) is 0.750. The molecule has 0 spiro atoms. The molecule has 122 valence electrons. The minimum atomic E-state index is -0.308. The van der Waals surface area contributed by atoms with E-state index in [0.717, 1.165) is 0 Å². The molecule has 0 fully saturated rings. The summed E-state index contributed by atoms with van der Waals surface area (Å²) >= 11 is 0. The molecule has 3 rings (SSSR count). The van der Waals surface area contributed by atoms with Crippen LogP contribution < -0.4 is 10.6 Å². The van der Waals surface area contributed by atoms with Gasteiger partial charge in [0.2, 0.25) is 11.9 Å². The van der Waals surface area contributed by atoms with Crippen molar-refractivity contribution >= 4 is 23.4 Å². The number of carbonyl (C=O) groups is 2. The molecule has 0 saturated carbocycles. The monoisotopic (exact) mass is 323 g/mol. The fourth-order valence-corrected chi connectivity index (χ4v) is 2.33. The van der Waals surface area contributed by atoms with Crippen LogP contribution >= 0.6 is 0 Å². The molecule has 1 atom stereocenters. The van der Waals surface area contributed by atoms with Crippen molar-refractivity contribution in [3.05, 3.63) is 60.3 Å². The molecular weight excluding hydrogens is 306 g/mol. The molecule has 0 aliphatic carbocycles. The van der Waals surface area contributed by atoms with Crippen molar-refractivity contribution in [2.75, 3.05) is 5.32 Å². The zero-order chi connectivity index (χ0) is 16.9. The van der Waals surface area contributed by atoms with E-state index in [1.165, 1.54) is 0 Å². The largest absolute Gasteiger partial charge is 0.349 e. The number of amides is 2. The van der Waals surface area contributed by atoms with Gasteiger partial charge in [-0.05, 0) is 31.2 Å². The molecule has 0 aliphatic heterocycles. The topological polar surface area (TPSA) is 88.4 Å². The highest BCUT2D eigenvalue weighted by Gasteiger charge is 2.15. The summed E-state index contributed by atoms with van der Waals surface area (Å²) < 4.78 is 1.69. The van der Waals surface area contributed by atoms with Gasteiger partial charge in [0.15, 0.2) is 5.65 Å². The van der Waals surface area contributed by atoms with E-state index in [0.29, 0.717) is 17.2 Å². The zero-order valence-corrected chi connectivity index (χ0v) is 13.1. The predicted molar refractivity (Wildman–Crippen MR) is 89.6 cm³/mol. The lowest BCUT2D eigenvalue weighted by atomic mass is 10.1. The SMILES string of the molecule is C[C@H](CC(=O)Nc1nnc2ccccn12)NC(=O)c1ccccc1. The smallest absolute Gasteiger partial charge is 0.251 e. The predicted octanol–water partition coefficient (Wildman–Crippen LogP) is 1.88. The van der Waals surface area contributed by atoms with Crippen LogP contribution in [0.2, 0.25) is 0 Å². The molecule has 7 nitrogen and oxygen atoms in total. The number of nitrogens with one attached hydrogen (secondary N) is 2. The van der Waals surface area contributed by atoms with Crippen LogP contribution in [0.25, 0.3) is 5.65 Å². The third-order valence-corrected chi connectivity index (χ3v) is 3.47. The van der Waals surface area contributed by atoms with Crippen LogP contribution in [0.1, 0.15) is 23.7 Å². The number of anilines is 1. The maximum atomic E-state index is 12.1. The third-order valence-electron chi connectivity index (χ3n) is 3.47. The number of pyridine rings is 1. The number of hydrogen-bond acceptors (Lipinski definition) is 4. The average molecular weight is 323 g/mol. The van der Waals surface area contributed by atoms with E-state index >= 15 is 0 Å². The molecule has 0 unspecified atom stereocenters.